The lowest BCUT2D eigenvalue weighted by Gasteiger charge is -2.01. The van der Waals surface area contributed by atoms with Crippen molar-refractivity contribution >= 4 is 39.2 Å². The molecular weight excluding hydrogens is 314 g/mol. The highest BCUT2D eigenvalue weighted by atomic mass is 32.2. The molecule has 0 aliphatic carbocycles. The zero-order chi connectivity index (χ0) is 15.4. The van der Waals surface area contributed by atoms with E-state index in [0.717, 1.165) is 15.2 Å². The number of amides is 1. The maximum Gasteiger partial charge on any atom is 0.220 e. The average molecular weight is 329 g/mol. The van der Waals surface area contributed by atoms with Gasteiger partial charge >= 0.3 is 0 Å². The monoisotopic (exact) mass is 329 g/mol. The lowest BCUT2D eigenvalue weighted by Crippen LogP contribution is -2.17. The molecule has 0 fully saturated rings. The number of hydrogen-bond donors (Lipinski definition) is 1. The summed E-state index contributed by atoms with van der Waals surface area (Å²) in [4.78, 5) is 22.2. The molecule has 3 rings (SSSR count). The molecule has 0 saturated heterocycles. The summed E-state index contributed by atoms with van der Waals surface area (Å²) < 4.78 is 0. The van der Waals surface area contributed by atoms with Crippen LogP contribution in [-0.4, -0.2) is 28.7 Å². The minimum absolute atomic E-state index is 0.0492. The number of nitrogens with one attached hydrogen (secondary N) is 1. The van der Waals surface area contributed by atoms with Crippen LogP contribution < -0.4 is 5.32 Å². The first kappa shape index (κ1) is 15.0. The van der Waals surface area contributed by atoms with Crippen molar-refractivity contribution in [2.24, 2.45) is 0 Å². The van der Waals surface area contributed by atoms with Crippen molar-refractivity contribution in [2.45, 2.75) is 11.4 Å². The number of carbonyl (C=O) groups excluding carboxylic acids is 1. The molecule has 1 amide bonds. The van der Waals surface area contributed by atoms with Crippen LogP contribution in [0.3, 0.4) is 0 Å². The van der Waals surface area contributed by atoms with Crippen LogP contribution in [0.2, 0.25) is 0 Å². The van der Waals surface area contributed by atoms with Gasteiger partial charge in [0.1, 0.15) is 16.2 Å². The molecule has 1 aromatic carbocycles. The van der Waals surface area contributed by atoms with Crippen LogP contribution in [0.25, 0.3) is 20.7 Å². The summed E-state index contributed by atoms with van der Waals surface area (Å²) >= 11 is 3.26. The SMILES string of the molecule is CNC(=O)CCSc1ncnc2sc(-c3ccccc3)cc12. The van der Waals surface area contributed by atoms with Gasteiger partial charge in [0.25, 0.3) is 0 Å². The summed E-state index contributed by atoms with van der Waals surface area (Å²) in [5, 5.41) is 4.63. The maximum absolute atomic E-state index is 11.3. The van der Waals surface area contributed by atoms with Crippen molar-refractivity contribution in [1.82, 2.24) is 15.3 Å². The molecule has 22 heavy (non-hydrogen) atoms. The molecule has 6 heteroatoms. The van der Waals surface area contributed by atoms with Crippen molar-refractivity contribution in [3.63, 3.8) is 0 Å². The first-order valence-corrected chi connectivity index (χ1v) is 8.71. The van der Waals surface area contributed by atoms with Crippen LogP contribution in [0.15, 0.2) is 47.8 Å². The van der Waals surface area contributed by atoms with Gasteiger partial charge in [0.05, 0.1) is 0 Å². The van der Waals surface area contributed by atoms with Crippen LogP contribution in [-0.2, 0) is 4.79 Å². The van der Waals surface area contributed by atoms with E-state index in [-0.39, 0.29) is 5.91 Å². The molecule has 0 aliphatic rings. The van der Waals surface area contributed by atoms with Gasteiger partial charge in [-0.25, -0.2) is 9.97 Å². The van der Waals surface area contributed by atoms with Crippen LogP contribution in [0, 0.1) is 0 Å². The molecule has 0 radical (unpaired) electrons. The molecule has 4 nitrogen and oxygen atoms in total. The van der Waals surface area contributed by atoms with Crippen LogP contribution in [0.4, 0.5) is 0 Å². The highest BCUT2D eigenvalue weighted by Gasteiger charge is 2.11. The number of nitrogens with zero attached hydrogens (tertiary/aromatic N) is 2. The van der Waals surface area contributed by atoms with Gasteiger partial charge in [0, 0.05) is 29.5 Å². The lowest BCUT2D eigenvalue weighted by molar-refractivity contribution is -0.120. The predicted octanol–water partition coefficient (Wildman–Crippen LogP) is 3.59. The zero-order valence-corrected chi connectivity index (χ0v) is 13.7. The van der Waals surface area contributed by atoms with Gasteiger partial charge in [-0.05, 0) is 11.6 Å². The van der Waals surface area contributed by atoms with Crippen molar-refractivity contribution in [3.8, 4) is 10.4 Å². The number of thiophene rings is 1. The largest absolute Gasteiger partial charge is 0.359 e. The van der Waals surface area contributed by atoms with E-state index in [9.17, 15) is 4.79 Å². The van der Waals surface area contributed by atoms with E-state index in [1.807, 2.05) is 18.2 Å². The third kappa shape index (κ3) is 3.28. The van der Waals surface area contributed by atoms with Crippen molar-refractivity contribution in [1.29, 1.82) is 0 Å². The van der Waals surface area contributed by atoms with Crippen molar-refractivity contribution < 1.29 is 4.79 Å². The van der Waals surface area contributed by atoms with E-state index in [2.05, 4.69) is 33.5 Å². The molecule has 0 bridgehead atoms. The fourth-order valence-electron chi connectivity index (χ4n) is 2.06. The summed E-state index contributed by atoms with van der Waals surface area (Å²) in [6.45, 7) is 0. The fraction of sp³-hybridized carbons (Fsp3) is 0.188. The molecule has 0 atom stereocenters. The van der Waals surface area contributed by atoms with Gasteiger partial charge in [-0.1, -0.05) is 30.3 Å². The Balaban J connectivity index is 1.86. The Kier molecular flexibility index (Phi) is 4.70. The number of benzene rings is 1. The maximum atomic E-state index is 11.3. The van der Waals surface area contributed by atoms with E-state index >= 15 is 0 Å². The zero-order valence-electron chi connectivity index (χ0n) is 12.1. The van der Waals surface area contributed by atoms with E-state index < -0.39 is 0 Å². The summed E-state index contributed by atoms with van der Waals surface area (Å²) in [6, 6.07) is 12.4. The molecule has 0 unspecified atom stereocenters. The number of thioether (sulfide) groups is 1. The van der Waals surface area contributed by atoms with Crippen LogP contribution >= 0.6 is 23.1 Å². The van der Waals surface area contributed by atoms with Crippen molar-refractivity contribution in [2.75, 3.05) is 12.8 Å². The van der Waals surface area contributed by atoms with E-state index in [1.165, 1.54) is 10.4 Å². The Morgan fingerprint density at radius 1 is 1.27 bits per heavy atom. The molecule has 2 aromatic heterocycles. The molecule has 0 spiro atoms. The fourth-order valence-corrected chi connectivity index (χ4v) is 4.04. The summed E-state index contributed by atoms with van der Waals surface area (Å²) in [6.07, 6.45) is 2.08. The number of hydrogen-bond acceptors (Lipinski definition) is 5. The first-order chi connectivity index (χ1) is 10.8. The second kappa shape index (κ2) is 6.89. The van der Waals surface area contributed by atoms with Gasteiger partial charge in [0.15, 0.2) is 0 Å². The number of fused-ring (bicyclic) bond motifs is 1. The summed E-state index contributed by atoms with van der Waals surface area (Å²) in [5.41, 5.74) is 1.19. The van der Waals surface area contributed by atoms with Gasteiger partial charge in [-0.15, -0.1) is 23.1 Å². The van der Waals surface area contributed by atoms with E-state index in [1.54, 1.807) is 36.5 Å². The van der Waals surface area contributed by atoms with Crippen LogP contribution in [0.5, 0.6) is 0 Å². The smallest absolute Gasteiger partial charge is 0.220 e. The molecule has 0 aliphatic heterocycles. The number of rotatable bonds is 5. The highest BCUT2D eigenvalue weighted by molar-refractivity contribution is 7.99. The molecule has 1 N–H and O–H groups in total. The Morgan fingerprint density at radius 3 is 2.86 bits per heavy atom. The van der Waals surface area contributed by atoms with E-state index in [0.29, 0.717) is 12.2 Å². The van der Waals surface area contributed by atoms with Gasteiger partial charge < -0.3 is 5.32 Å². The number of carbonyl (C=O) groups is 1. The van der Waals surface area contributed by atoms with Crippen LogP contribution in [0.1, 0.15) is 6.42 Å². The summed E-state index contributed by atoms with van der Waals surface area (Å²) in [5.74, 6) is 0.760. The van der Waals surface area contributed by atoms with Crippen molar-refractivity contribution in [3.05, 3.63) is 42.7 Å². The Labute approximate surface area is 137 Å². The predicted molar refractivity (Wildman–Crippen MR) is 92.3 cm³/mol. The first-order valence-electron chi connectivity index (χ1n) is 6.91. The van der Waals surface area contributed by atoms with Gasteiger partial charge in [0.2, 0.25) is 5.91 Å². The Hall–Kier alpha value is -1.92. The quantitative estimate of drug-likeness (QED) is 0.574. The Bertz CT molecular complexity index is 786. The highest BCUT2D eigenvalue weighted by Crippen LogP contribution is 2.36. The second-order valence-electron chi connectivity index (χ2n) is 4.65. The third-order valence-corrected chi connectivity index (χ3v) is 5.30. The topological polar surface area (TPSA) is 54.9 Å². The van der Waals surface area contributed by atoms with Gasteiger partial charge in [-0.3, -0.25) is 4.79 Å². The molecule has 2 heterocycles. The third-order valence-electron chi connectivity index (χ3n) is 3.20. The molecule has 0 saturated carbocycles. The Morgan fingerprint density at radius 2 is 2.09 bits per heavy atom. The summed E-state index contributed by atoms with van der Waals surface area (Å²) in [7, 11) is 1.65. The molecular formula is C16H15N3OS2. The molecule has 112 valence electrons. The minimum atomic E-state index is 0.0492. The van der Waals surface area contributed by atoms with E-state index in [4.69, 9.17) is 0 Å². The standard InChI is InChI=1S/C16H15N3OS2/c1-17-14(20)7-8-21-15-12-9-13(11-5-3-2-4-6-11)22-16(12)19-10-18-15/h2-6,9-10H,7-8H2,1H3,(H,17,20). The normalized spacial score (nSPS) is 10.8. The number of aromatic nitrogens is 2. The molecule has 3 aromatic rings. The minimum Gasteiger partial charge on any atom is -0.359 e. The second-order valence-corrected chi connectivity index (χ2v) is 6.76. The lowest BCUT2D eigenvalue weighted by atomic mass is 10.2. The van der Waals surface area contributed by atoms with Gasteiger partial charge in [-0.2, -0.15) is 0 Å². The average Bonchev–Trinajstić information content (AvgIpc) is 3.00.